The molecule has 2 aromatic carbocycles. The van der Waals surface area contributed by atoms with E-state index in [0.29, 0.717) is 10.5 Å². The first-order chi connectivity index (χ1) is 13.9. The van der Waals surface area contributed by atoms with Crippen molar-refractivity contribution in [2.24, 2.45) is 0 Å². The Balaban J connectivity index is 1.66. The van der Waals surface area contributed by atoms with E-state index in [0.717, 1.165) is 16.8 Å². The Labute approximate surface area is 173 Å². The molecule has 1 atom stereocenters. The van der Waals surface area contributed by atoms with E-state index in [9.17, 15) is 9.59 Å². The minimum absolute atomic E-state index is 0.268. The molecule has 0 saturated heterocycles. The van der Waals surface area contributed by atoms with E-state index in [1.807, 2.05) is 56.3 Å². The highest BCUT2D eigenvalue weighted by Gasteiger charge is 2.19. The van der Waals surface area contributed by atoms with E-state index in [4.69, 9.17) is 17.0 Å². The van der Waals surface area contributed by atoms with Crippen LogP contribution >= 0.6 is 12.2 Å². The van der Waals surface area contributed by atoms with Crippen LogP contribution in [0.4, 0.5) is 0 Å². The lowest BCUT2D eigenvalue weighted by Crippen LogP contribution is -2.47. The molecule has 0 saturated carbocycles. The van der Waals surface area contributed by atoms with Gasteiger partial charge in [0.25, 0.3) is 11.8 Å². The number of benzene rings is 2. The summed E-state index contributed by atoms with van der Waals surface area (Å²) >= 11 is 5.27. The van der Waals surface area contributed by atoms with Crippen LogP contribution in [-0.2, 0) is 4.79 Å². The summed E-state index contributed by atoms with van der Waals surface area (Å²) in [6, 6.07) is 14.9. The highest BCUT2D eigenvalue weighted by molar-refractivity contribution is 7.71. The summed E-state index contributed by atoms with van der Waals surface area (Å²) in [5, 5.41) is 0. The van der Waals surface area contributed by atoms with Gasteiger partial charge in [0.2, 0.25) is 0 Å². The number of hydrogen-bond acceptors (Lipinski definition) is 4. The Bertz CT molecular complexity index is 1090. The molecule has 150 valence electrons. The third-order valence-electron chi connectivity index (χ3n) is 4.55. The van der Waals surface area contributed by atoms with E-state index >= 15 is 0 Å². The van der Waals surface area contributed by atoms with Crippen LogP contribution in [0.2, 0.25) is 0 Å². The summed E-state index contributed by atoms with van der Waals surface area (Å²) in [6.07, 6.45) is 0.699. The number of carbonyl (C=O) groups excluding carboxylic acids is 2. The summed E-state index contributed by atoms with van der Waals surface area (Å²) in [6.45, 7) is 5.52. The van der Waals surface area contributed by atoms with Crippen molar-refractivity contribution in [3.05, 3.63) is 76.3 Å². The smallest absolute Gasteiger partial charge is 0.288 e. The zero-order valence-corrected chi connectivity index (χ0v) is 17.2. The monoisotopic (exact) mass is 410 g/mol. The van der Waals surface area contributed by atoms with Gasteiger partial charge < -0.3 is 9.72 Å². The molecule has 7 nitrogen and oxygen atoms in total. The fourth-order valence-corrected chi connectivity index (χ4v) is 3.01. The molecule has 3 aromatic rings. The third kappa shape index (κ3) is 4.55. The largest absolute Gasteiger partial charge is 0.481 e. The molecule has 8 heteroatoms. The van der Waals surface area contributed by atoms with Crippen LogP contribution in [0.3, 0.4) is 0 Å². The van der Waals surface area contributed by atoms with Crippen LogP contribution in [0.15, 0.2) is 54.7 Å². The standard InChI is InChI=1S/C21H22N4O3S/c1-13-8-7-11-18(14(13)2)28-15(3)19(26)23-24-20(27)17-12-22-21(29)25(17)16-9-5-4-6-10-16/h4-12,15H,1-3H3,(H,22,29)(H,23,26)(H,24,27). The number of nitrogens with zero attached hydrogens (tertiary/aromatic N) is 1. The van der Waals surface area contributed by atoms with Crippen LogP contribution in [-0.4, -0.2) is 27.5 Å². The van der Waals surface area contributed by atoms with Crippen molar-refractivity contribution in [2.75, 3.05) is 0 Å². The number of hydrazine groups is 1. The third-order valence-corrected chi connectivity index (χ3v) is 4.85. The van der Waals surface area contributed by atoms with Crippen molar-refractivity contribution < 1.29 is 14.3 Å². The average molecular weight is 410 g/mol. The molecule has 0 aliphatic carbocycles. The first-order valence-corrected chi connectivity index (χ1v) is 9.48. The van der Waals surface area contributed by atoms with Crippen molar-refractivity contribution >= 4 is 24.0 Å². The average Bonchev–Trinajstić information content (AvgIpc) is 3.11. The van der Waals surface area contributed by atoms with Crippen molar-refractivity contribution in [1.29, 1.82) is 0 Å². The normalized spacial score (nSPS) is 11.6. The number of aromatic nitrogens is 2. The molecule has 0 bridgehead atoms. The second-order valence-corrected chi connectivity index (χ2v) is 6.94. The minimum atomic E-state index is -0.794. The number of aromatic amines is 1. The molecule has 0 aliphatic rings. The molecule has 0 aliphatic heterocycles. The van der Waals surface area contributed by atoms with Gasteiger partial charge in [0, 0.05) is 11.9 Å². The predicted octanol–water partition coefficient (Wildman–Crippen LogP) is 3.38. The van der Waals surface area contributed by atoms with Crippen molar-refractivity contribution in [2.45, 2.75) is 26.9 Å². The Kier molecular flexibility index (Phi) is 6.13. The number of amides is 2. The highest BCUT2D eigenvalue weighted by Crippen LogP contribution is 2.21. The summed E-state index contributed by atoms with van der Waals surface area (Å²) in [4.78, 5) is 27.8. The van der Waals surface area contributed by atoms with Crippen LogP contribution in [0.25, 0.3) is 5.69 Å². The zero-order chi connectivity index (χ0) is 21.0. The molecule has 1 aromatic heterocycles. The van der Waals surface area contributed by atoms with Gasteiger partial charge in [0.1, 0.15) is 11.4 Å². The lowest BCUT2D eigenvalue weighted by molar-refractivity contribution is -0.128. The molecular formula is C21H22N4O3S. The van der Waals surface area contributed by atoms with Crippen LogP contribution in [0, 0.1) is 18.6 Å². The van der Waals surface area contributed by atoms with Gasteiger partial charge in [-0.25, -0.2) is 0 Å². The van der Waals surface area contributed by atoms with Gasteiger partial charge in [0.05, 0.1) is 0 Å². The second-order valence-electron chi connectivity index (χ2n) is 6.55. The number of ether oxygens (including phenoxy) is 1. The second kappa shape index (κ2) is 8.74. The Morgan fingerprint density at radius 1 is 1.07 bits per heavy atom. The first-order valence-electron chi connectivity index (χ1n) is 9.07. The van der Waals surface area contributed by atoms with E-state index in [-0.39, 0.29) is 5.69 Å². The van der Waals surface area contributed by atoms with Gasteiger partial charge in [-0.15, -0.1) is 0 Å². The lowest BCUT2D eigenvalue weighted by Gasteiger charge is -2.17. The Morgan fingerprint density at radius 2 is 1.79 bits per heavy atom. The molecule has 3 rings (SSSR count). The highest BCUT2D eigenvalue weighted by atomic mass is 32.1. The number of carbonyl (C=O) groups is 2. The maximum Gasteiger partial charge on any atom is 0.288 e. The predicted molar refractivity (Wildman–Crippen MR) is 113 cm³/mol. The first kappa shape index (κ1) is 20.3. The number of aryl methyl sites for hydroxylation is 1. The van der Waals surface area contributed by atoms with Gasteiger partial charge in [-0.1, -0.05) is 30.3 Å². The SMILES string of the molecule is Cc1cccc(OC(C)C(=O)NNC(=O)c2c[nH]c(=S)n2-c2ccccc2)c1C. The molecule has 0 radical (unpaired) electrons. The zero-order valence-electron chi connectivity index (χ0n) is 16.4. The fourth-order valence-electron chi connectivity index (χ4n) is 2.75. The van der Waals surface area contributed by atoms with Crippen molar-refractivity contribution in [3.8, 4) is 11.4 Å². The van der Waals surface area contributed by atoms with Gasteiger partial charge in [-0.05, 0) is 62.3 Å². The fraction of sp³-hybridized carbons (Fsp3) is 0.190. The summed E-state index contributed by atoms with van der Waals surface area (Å²) < 4.78 is 7.70. The summed E-state index contributed by atoms with van der Waals surface area (Å²) in [5.41, 5.74) is 7.85. The molecule has 3 N–H and O–H groups in total. The quantitative estimate of drug-likeness (QED) is 0.444. The van der Waals surface area contributed by atoms with E-state index in [2.05, 4.69) is 15.8 Å². The number of hydrogen-bond donors (Lipinski definition) is 3. The lowest BCUT2D eigenvalue weighted by atomic mass is 10.1. The van der Waals surface area contributed by atoms with E-state index < -0.39 is 17.9 Å². The Morgan fingerprint density at radius 3 is 2.52 bits per heavy atom. The number of nitrogens with one attached hydrogen (secondary N) is 3. The molecule has 1 unspecified atom stereocenters. The van der Waals surface area contributed by atoms with Crippen molar-refractivity contribution in [3.63, 3.8) is 0 Å². The Hall–Kier alpha value is -3.39. The minimum Gasteiger partial charge on any atom is -0.481 e. The van der Waals surface area contributed by atoms with Gasteiger partial charge >= 0.3 is 0 Å². The van der Waals surface area contributed by atoms with Crippen LogP contribution < -0.4 is 15.6 Å². The molecule has 0 spiro atoms. The van der Waals surface area contributed by atoms with E-state index in [1.165, 1.54) is 6.20 Å². The van der Waals surface area contributed by atoms with Gasteiger partial charge in [0.15, 0.2) is 10.9 Å². The van der Waals surface area contributed by atoms with Gasteiger partial charge in [-0.3, -0.25) is 25.0 Å². The molecular weight excluding hydrogens is 388 g/mol. The maximum atomic E-state index is 12.6. The topological polar surface area (TPSA) is 88.2 Å². The number of para-hydroxylation sites is 1. The number of rotatable bonds is 5. The molecule has 0 fully saturated rings. The summed E-state index contributed by atoms with van der Waals surface area (Å²) in [7, 11) is 0. The van der Waals surface area contributed by atoms with Gasteiger partial charge in [-0.2, -0.15) is 0 Å². The maximum absolute atomic E-state index is 12.6. The van der Waals surface area contributed by atoms with Crippen molar-refractivity contribution in [1.82, 2.24) is 20.4 Å². The number of imidazole rings is 1. The molecule has 29 heavy (non-hydrogen) atoms. The molecule has 2 amide bonds. The number of H-pyrrole nitrogens is 1. The van der Waals surface area contributed by atoms with E-state index in [1.54, 1.807) is 17.6 Å². The summed E-state index contributed by atoms with van der Waals surface area (Å²) in [5.74, 6) is -0.351. The molecule has 1 heterocycles. The van der Waals surface area contributed by atoms with Crippen LogP contribution in [0.5, 0.6) is 5.75 Å². The van der Waals surface area contributed by atoms with Crippen LogP contribution in [0.1, 0.15) is 28.5 Å².